The lowest BCUT2D eigenvalue weighted by atomic mass is 10.1. The normalized spacial score (nSPS) is 16.5. The van der Waals surface area contributed by atoms with Gasteiger partial charge in [-0.15, -0.1) is 0 Å². The van der Waals surface area contributed by atoms with Gasteiger partial charge in [0.15, 0.2) is 0 Å². The van der Waals surface area contributed by atoms with Gasteiger partial charge in [-0.2, -0.15) is 0 Å². The summed E-state index contributed by atoms with van der Waals surface area (Å²) in [6.07, 6.45) is 14.3. The third kappa shape index (κ3) is 14.5. The molecule has 0 spiro atoms. The zero-order chi connectivity index (χ0) is 14.6. The summed E-state index contributed by atoms with van der Waals surface area (Å²) in [6.45, 7) is 2.25. The quantitative estimate of drug-likeness (QED) is 0.269. The molecular weight excluding hydrogens is 260 g/mol. The van der Waals surface area contributed by atoms with Crippen LogP contribution in [0.2, 0.25) is 0 Å². The Labute approximate surface area is 116 Å². The van der Waals surface area contributed by atoms with Crippen molar-refractivity contribution >= 4 is 15.9 Å². The maximum absolute atomic E-state index is 7.63. The van der Waals surface area contributed by atoms with Crippen LogP contribution in [0, 0.1) is 0 Å². The van der Waals surface area contributed by atoms with Crippen molar-refractivity contribution in [2.75, 3.05) is 5.28 Å². The van der Waals surface area contributed by atoms with E-state index >= 15 is 0 Å². The lowest BCUT2D eigenvalue weighted by Crippen LogP contribution is -1.83. The fraction of sp³-hybridized carbons (Fsp3) is 1.00. The number of halogens is 1. The molecule has 16 heavy (non-hydrogen) atoms. The molecule has 0 aliphatic carbocycles. The van der Waals surface area contributed by atoms with Crippen molar-refractivity contribution in [1.82, 2.24) is 0 Å². The van der Waals surface area contributed by atoms with Crippen molar-refractivity contribution in [2.24, 2.45) is 0 Å². The van der Waals surface area contributed by atoms with Crippen LogP contribution < -0.4 is 0 Å². The molecule has 0 fully saturated rings. The van der Waals surface area contributed by atoms with E-state index in [-0.39, 0.29) is 0 Å². The molecule has 0 saturated heterocycles. The summed E-state index contributed by atoms with van der Waals surface area (Å²) in [4.78, 5) is 0. The van der Waals surface area contributed by atoms with Crippen molar-refractivity contribution < 1.29 is 4.11 Å². The second-order valence-electron chi connectivity index (χ2n) is 4.64. The van der Waals surface area contributed by atoms with Gasteiger partial charge >= 0.3 is 0 Å². The average Bonchev–Trinajstić information content (AvgIpc) is 2.34. The third-order valence-electron chi connectivity index (χ3n) is 3.03. The van der Waals surface area contributed by atoms with Gasteiger partial charge in [0.2, 0.25) is 0 Å². The third-order valence-corrected chi connectivity index (χ3v) is 3.35. The number of hydrogen-bond donors (Lipinski definition) is 0. The molecular formula is C15H31Br. The lowest BCUT2D eigenvalue weighted by Gasteiger charge is -2.02. The Morgan fingerprint density at radius 3 is 1.44 bits per heavy atom. The maximum atomic E-state index is 7.63. The van der Waals surface area contributed by atoms with Gasteiger partial charge in [-0.05, 0) is 6.40 Å². The molecule has 0 N–H and O–H groups in total. The van der Waals surface area contributed by atoms with Crippen LogP contribution in [-0.2, 0) is 0 Å². The Morgan fingerprint density at radius 1 is 0.688 bits per heavy atom. The van der Waals surface area contributed by atoms with E-state index in [4.69, 9.17) is 4.11 Å². The van der Waals surface area contributed by atoms with Gasteiger partial charge in [-0.25, -0.2) is 0 Å². The fourth-order valence-electron chi connectivity index (χ4n) is 1.97. The Kier molecular flexibility index (Phi) is 11.2. The molecule has 98 valence electrons. The van der Waals surface area contributed by atoms with E-state index in [1.807, 2.05) is 0 Å². The maximum Gasteiger partial charge on any atom is 0.0387 e. The molecule has 1 unspecified atom stereocenters. The van der Waals surface area contributed by atoms with Gasteiger partial charge in [0.1, 0.15) is 0 Å². The molecule has 0 bridgehead atoms. The van der Waals surface area contributed by atoms with Crippen LogP contribution >= 0.6 is 15.9 Å². The molecule has 0 amide bonds. The molecule has 0 aromatic rings. The summed E-state index contributed by atoms with van der Waals surface area (Å²) >= 11 is 2.92. The number of unbranched alkanes of at least 4 members (excludes halogenated alkanes) is 10. The zero-order valence-electron chi connectivity index (χ0n) is 13.9. The molecule has 0 aliphatic heterocycles. The molecule has 0 heterocycles. The van der Waals surface area contributed by atoms with E-state index in [0.29, 0.717) is 6.42 Å². The average molecular weight is 294 g/mol. The molecule has 0 nitrogen and oxygen atoms in total. The number of alkyl halides is 1. The highest BCUT2D eigenvalue weighted by Crippen LogP contribution is 2.12. The SMILES string of the molecule is [2H]C(CCCCCCCCCCCCC)C([2H])([2H])Br. The summed E-state index contributed by atoms with van der Waals surface area (Å²) in [5.74, 6) is 0. The van der Waals surface area contributed by atoms with Crippen LogP contribution in [0.25, 0.3) is 0 Å². The van der Waals surface area contributed by atoms with Crippen LogP contribution in [0.15, 0.2) is 0 Å². The summed E-state index contributed by atoms with van der Waals surface area (Å²) in [5, 5.41) is -1.52. The van der Waals surface area contributed by atoms with Crippen LogP contribution in [0.1, 0.15) is 94.5 Å². The van der Waals surface area contributed by atoms with Crippen molar-refractivity contribution in [1.29, 1.82) is 0 Å². The van der Waals surface area contributed by atoms with Crippen LogP contribution in [0.3, 0.4) is 0 Å². The number of hydrogen-bond acceptors (Lipinski definition) is 0. The Hall–Kier alpha value is 0.480. The van der Waals surface area contributed by atoms with Gasteiger partial charge < -0.3 is 0 Å². The van der Waals surface area contributed by atoms with Gasteiger partial charge in [0.05, 0.1) is 0 Å². The van der Waals surface area contributed by atoms with Gasteiger partial charge in [0.25, 0.3) is 0 Å². The van der Waals surface area contributed by atoms with E-state index in [0.717, 1.165) is 12.8 Å². The first-order valence-corrected chi connectivity index (χ1v) is 7.89. The smallest absolute Gasteiger partial charge is 0.0387 e. The Bertz CT molecular complexity index is 192. The van der Waals surface area contributed by atoms with Crippen LogP contribution in [0.4, 0.5) is 0 Å². The molecule has 0 aromatic heterocycles. The van der Waals surface area contributed by atoms with Crippen molar-refractivity contribution in [3.05, 3.63) is 0 Å². The molecule has 1 heteroatoms. The highest BCUT2D eigenvalue weighted by atomic mass is 79.9. The van der Waals surface area contributed by atoms with Crippen molar-refractivity contribution in [2.45, 2.75) is 90.4 Å². The first-order valence-electron chi connectivity index (χ1n) is 8.67. The fourth-order valence-corrected chi connectivity index (χ4v) is 2.19. The monoisotopic (exact) mass is 293 g/mol. The van der Waals surface area contributed by atoms with Gasteiger partial charge in [-0.3, -0.25) is 0 Å². The van der Waals surface area contributed by atoms with Crippen LogP contribution in [0.5, 0.6) is 0 Å². The van der Waals surface area contributed by atoms with Crippen molar-refractivity contribution in [3.63, 3.8) is 0 Å². The lowest BCUT2D eigenvalue weighted by molar-refractivity contribution is 0.543. The molecule has 0 aromatic carbocycles. The van der Waals surface area contributed by atoms with Gasteiger partial charge in [-0.1, -0.05) is 99.9 Å². The highest BCUT2D eigenvalue weighted by Gasteiger charge is 1.92. The summed E-state index contributed by atoms with van der Waals surface area (Å²) in [6, 6.07) is 0. The Balaban J connectivity index is 3.15. The molecule has 0 saturated carbocycles. The van der Waals surface area contributed by atoms with Crippen LogP contribution in [-0.4, -0.2) is 5.28 Å². The molecule has 0 aliphatic rings. The second kappa shape index (κ2) is 15.5. The first-order chi connectivity index (χ1) is 8.98. The topological polar surface area (TPSA) is 0 Å². The van der Waals surface area contributed by atoms with E-state index in [9.17, 15) is 0 Å². The van der Waals surface area contributed by atoms with E-state index in [1.165, 1.54) is 57.8 Å². The Morgan fingerprint density at radius 2 is 1.06 bits per heavy atom. The predicted molar refractivity (Wildman–Crippen MR) is 79.5 cm³/mol. The minimum Gasteiger partial charge on any atom is -0.0928 e. The molecule has 0 radical (unpaired) electrons. The van der Waals surface area contributed by atoms with E-state index in [2.05, 4.69) is 22.9 Å². The zero-order valence-corrected chi connectivity index (χ0v) is 12.5. The van der Waals surface area contributed by atoms with Crippen molar-refractivity contribution in [3.8, 4) is 0 Å². The summed E-state index contributed by atoms with van der Waals surface area (Å²) in [5.41, 5.74) is 0. The standard InChI is InChI=1S/C15H31Br/c1-2-3-4-5-6-7-8-9-10-11-12-13-14-15-16/h2-15H2,1H3/i14D,15D2. The second-order valence-corrected chi connectivity index (χ2v) is 5.10. The molecule has 0 rings (SSSR count). The number of rotatable bonds is 13. The first kappa shape index (κ1) is 11.6. The summed E-state index contributed by atoms with van der Waals surface area (Å²) in [7, 11) is 0. The molecule has 1 atom stereocenters. The largest absolute Gasteiger partial charge is 0.0928 e. The van der Waals surface area contributed by atoms with E-state index in [1.54, 1.807) is 0 Å². The minimum atomic E-state index is -1.52. The highest BCUT2D eigenvalue weighted by molar-refractivity contribution is 9.09. The van der Waals surface area contributed by atoms with E-state index < -0.39 is 11.7 Å². The predicted octanol–water partition coefficient (Wildman–Crippen LogP) is 6.47. The minimum absolute atomic E-state index is 0.633. The van der Waals surface area contributed by atoms with Gasteiger partial charge in [0, 0.05) is 9.39 Å². The summed E-state index contributed by atoms with van der Waals surface area (Å²) < 4.78 is 22.4.